The van der Waals surface area contributed by atoms with E-state index in [0.717, 1.165) is 36.5 Å². The molecule has 3 rings (SSSR count). The first-order chi connectivity index (χ1) is 14.9. The topological polar surface area (TPSA) is 99.8 Å². The highest BCUT2D eigenvalue weighted by Crippen LogP contribution is 2.33. The van der Waals surface area contributed by atoms with Crippen molar-refractivity contribution in [3.05, 3.63) is 46.3 Å². The van der Waals surface area contributed by atoms with E-state index in [9.17, 15) is 14.4 Å². The van der Waals surface area contributed by atoms with Gasteiger partial charge >= 0.3 is 5.97 Å². The first-order valence-electron chi connectivity index (χ1n) is 10.3. The van der Waals surface area contributed by atoms with Gasteiger partial charge in [0.1, 0.15) is 5.00 Å². The van der Waals surface area contributed by atoms with Crippen LogP contribution in [0.5, 0.6) is 0 Å². The maximum Gasteiger partial charge on any atom is 0.341 e. The molecule has 1 aromatic heterocycles. The van der Waals surface area contributed by atoms with Crippen LogP contribution in [0.3, 0.4) is 0 Å². The Kier molecular flexibility index (Phi) is 7.64. The quantitative estimate of drug-likeness (QED) is 0.542. The van der Waals surface area contributed by atoms with E-state index in [4.69, 9.17) is 4.74 Å². The second-order valence-electron chi connectivity index (χ2n) is 7.34. The Morgan fingerprint density at radius 1 is 1.23 bits per heavy atom. The van der Waals surface area contributed by atoms with Gasteiger partial charge < -0.3 is 20.7 Å². The highest BCUT2D eigenvalue weighted by Gasteiger charge is 2.28. The lowest BCUT2D eigenvalue weighted by Crippen LogP contribution is -2.33. The van der Waals surface area contributed by atoms with E-state index in [1.54, 1.807) is 13.8 Å². The molecule has 0 spiro atoms. The molecule has 0 aliphatic carbocycles. The number of nitrogens with one attached hydrogen (secondary N) is 3. The number of rotatable bonds is 8. The number of hydrogen-bond acceptors (Lipinski definition) is 7. The fourth-order valence-corrected chi connectivity index (χ4v) is 4.77. The zero-order chi connectivity index (χ0) is 22.4. The summed E-state index contributed by atoms with van der Waals surface area (Å²) < 4.78 is 5.13. The van der Waals surface area contributed by atoms with Gasteiger partial charge in [0.2, 0.25) is 5.91 Å². The third-order valence-electron chi connectivity index (χ3n) is 5.10. The summed E-state index contributed by atoms with van der Waals surface area (Å²) in [5.41, 5.74) is 1.81. The SMILES string of the molecule is CCOC(=O)c1c(NC(=O)CN2CC[C@@H](Nc3ccccc3)C2)sc(C(=O)NC)c1C. The molecule has 1 aliphatic heterocycles. The van der Waals surface area contributed by atoms with Crippen molar-refractivity contribution in [1.82, 2.24) is 10.2 Å². The molecule has 1 saturated heterocycles. The number of carbonyl (C=O) groups excluding carboxylic acids is 3. The van der Waals surface area contributed by atoms with E-state index in [1.807, 2.05) is 30.3 Å². The highest BCUT2D eigenvalue weighted by atomic mass is 32.1. The summed E-state index contributed by atoms with van der Waals surface area (Å²) in [5.74, 6) is -1.08. The van der Waals surface area contributed by atoms with Gasteiger partial charge in [-0.15, -0.1) is 11.3 Å². The van der Waals surface area contributed by atoms with E-state index in [-0.39, 0.29) is 36.6 Å². The Hall–Kier alpha value is -2.91. The van der Waals surface area contributed by atoms with Crippen LogP contribution >= 0.6 is 11.3 Å². The molecule has 2 amide bonds. The summed E-state index contributed by atoms with van der Waals surface area (Å²) in [6.45, 7) is 5.37. The van der Waals surface area contributed by atoms with Crippen LogP contribution in [0.25, 0.3) is 0 Å². The number of anilines is 2. The summed E-state index contributed by atoms with van der Waals surface area (Å²) in [6, 6.07) is 10.3. The Bertz CT molecular complexity index is 944. The molecule has 1 aliphatic rings. The van der Waals surface area contributed by atoms with Crippen LogP contribution < -0.4 is 16.0 Å². The number of esters is 1. The number of amides is 2. The van der Waals surface area contributed by atoms with Crippen LogP contribution in [-0.2, 0) is 9.53 Å². The van der Waals surface area contributed by atoms with Gasteiger partial charge in [0.15, 0.2) is 0 Å². The summed E-state index contributed by atoms with van der Waals surface area (Å²) in [7, 11) is 1.52. The molecule has 166 valence electrons. The van der Waals surface area contributed by atoms with Crippen molar-refractivity contribution in [3.8, 4) is 0 Å². The number of likely N-dealkylation sites (tertiary alicyclic amines) is 1. The first kappa shape index (κ1) is 22.8. The lowest BCUT2D eigenvalue weighted by atomic mass is 10.1. The Labute approximate surface area is 186 Å². The molecule has 0 unspecified atom stereocenters. The van der Waals surface area contributed by atoms with Gasteiger partial charge in [-0.3, -0.25) is 14.5 Å². The predicted octanol–water partition coefficient (Wildman–Crippen LogP) is 2.72. The average Bonchev–Trinajstić information content (AvgIpc) is 3.31. The number of thiophene rings is 1. The maximum atomic E-state index is 12.7. The lowest BCUT2D eigenvalue weighted by Gasteiger charge is -2.17. The number of para-hydroxylation sites is 1. The van der Waals surface area contributed by atoms with E-state index in [1.165, 1.54) is 7.05 Å². The minimum Gasteiger partial charge on any atom is -0.462 e. The van der Waals surface area contributed by atoms with Crippen LogP contribution in [0, 0.1) is 6.92 Å². The van der Waals surface area contributed by atoms with Gasteiger partial charge in [-0.1, -0.05) is 18.2 Å². The number of ether oxygens (including phenoxy) is 1. The Balaban J connectivity index is 1.64. The van der Waals surface area contributed by atoms with Crippen LogP contribution in [0.4, 0.5) is 10.7 Å². The molecule has 0 bridgehead atoms. The fraction of sp³-hybridized carbons (Fsp3) is 0.409. The normalized spacial score (nSPS) is 16.0. The van der Waals surface area contributed by atoms with Crippen molar-refractivity contribution in [3.63, 3.8) is 0 Å². The van der Waals surface area contributed by atoms with Crippen molar-refractivity contribution >= 4 is 39.8 Å². The number of hydrogen-bond donors (Lipinski definition) is 3. The second-order valence-corrected chi connectivity index (χ2v) is 8.36. The van der Waals surface area contributed by atoms with Crippen molar-refractivity contribution in [2.24, 2.45) is 0 Å². The van der Waals surface area contributed by atoms with E-state index in [0.29, 0.717) is 15.4 Å². The lowest BCUT2D eigenvalue weighted by molar-refractivity contribution is -0.117. The number of benzene rings is 1. The van der Waals surface area contributed by atoms with Gasteiger partial charge in [-0.05, 0) is 38.0 Å². The number of carbonyl (C=O) groups is 3. The number of nitrogens with zero attached hydrogens (tertiary/aromatic N) is 1. The van der Waals surface area contributed by atoms with Crippen LogP contribution in [0.15, 0.2) is 30.3 Å². The molecular formula is C22H28N4O4S. The van der Waals surface area contributed by atoms with Gasteiger partial charge in [-0.25, -0.2) is 4.79 Å². The molecule has 1 atom stereocenters. The molecule has 9 heteroatoms. The standard InChI is InChI=1S/C22H28N4O4S/c1-4-30-22(29)18-14(2)19(20(28)23-3)31-21(18)25-17(27)13-26-11-10-16(12-26)24-15-8-6-5-7-9-15/h5-9,16,24H,4,10-13H2,1-3H3,(H,23,28)(H,25,27)/t16-/m1/s1. The van der Waals surface area contributed by atoms with E-state index < -0.39 is 5.97 Å². The van der Waals surface area contributed by atoms with Crippen molar-refractivity contribution in [2.45, 2.75) is 26.3 Å². The highest BCUT2D eigenvalue weighted by molar-refractivity contribution is 7.18. The molecule has 1 fully saturated rings. The fourth-order valence-electron chi connectivity index (χ4n) is 3.61. The molecule has 2 heterocycles. The van der Waals surface area contributed by atoms with Crippen LogP contribution in [-0.4, -0.2) is 62.0 Å². The molecule has 0 radical (unpaired) electrons. The monoisotopic (exact) mass is 444 g/mol. The minimum absolute atomic E-state index is 0.209. The first-order valence-corrected chi connectivity index (χ1v) is 11.1. The molecule has 3 N–H and O–H groups in total. The van der Waals surface area contributed by atoms with Crippen LogP contribution in [0.1, 0.15) is 38.9 Å². The van der Waals surface area contributed by atoms with Crippen molar-refractivity contribution in [1.29, 1.82) is 0 Å². The zero-order valence-electron chi connectivity index (χ0n) is 18.0. The van der Waals surface area contributed by atoms with Gasteiger partial charge in [-0.2, -0.15) is 0 Å². The molecule has 0 saturated carbocycles. The minimum atomic E-state index is -0.546. The van der Waals surface area contributed by atoms with E-state index in [2.05, 4.69) is 20.9 Å². The second kappa shape index (κ2) is 10.4. The zero-order valence-corrected chi connectivity index (χ0v) is 18.8. The molecule has 8 nitrogen and oxygen atoms in total. The molecule has 31 heavy (non-hydrogen) atoms. The summed E-state index contributed by atoms with van der Waals surface area (Å²) in [6.07, 6.45) is 0.940. The third kappa shape index (κ3) is 5.62. The Morgan fingerprint density at radius 2 is 1.97 bits per heavy atom. The third-order valence-corrected chi connectivity index (χ3v) is 6.30. The largest absolute Gasteiger partial charge is 0.462 e. The molecular weight excluding hydrogens is 416 g/mol. The van der Waals surface area contributed by atoms with Gasteiger partial charge in [0.05, 0.1) is 23.6 Å². The van der Waals surface area contributed by atoms with Crippen molar-refractivity contribution < 1.29 is 19.1 Å². The smallest absolute Gasteiger partial charge is 0.341 e. The van der Waals surface area contributed by atoms with Gasteiger partial charge in [0, 0.05) is 31.9 Å². The van der Waals surface area contributed by atoms with E-state index >= 15 is 0 Å². The average molecular weight is 445 g/mol. The molecule has 1 aromatic carbocycles. The van der Waals surface area contributed by atoms with Crippen molar-refractivity contribution in [2.75, 3.05) is 43.9 Å². The summed E-state index contributed by atoms with van der Waals surface area (Å²) >= 11 is 1.09. The van der Waals surface area contributed by atoms with Gasteiger partial charge in [0.25, 0.3) is 5.91 Å². The Morgan fingerprint density at radius 3 is 2.65 bits per heavy atom. The molecule has 2 aromatic rings. The maximum absolute atomic E-state index is 12.7. The van der Waals surface area contributed by atoms with Crippen LogP contribution in [0.2, 0.25) is 0 Å². The summed E-state index contributed by atoms with van der Waals surface area (Å²) in [5, 5.41) is 9.21. The summed E-state index contributed by atoms with van der Waals surface area (Å²) in [4.78, 5) is 39.7. The predicted molar refractivity (Wildman–Crippen MR) is 122 cm³/mol.